The smallest absolute Gasteiger partial charge is 0.247 e. The van der Waals surface area contributed by atoms with Gasteiger partial charge in [-0.15, -0.1) is 0 Å². The van der Waals surface area contributed by atoms with E-state index in [1.54, 1.807) is 42.5 Å². The third kappa shape index (κ3) is 5.04. The molecule has 8 heteroatoms. The number of aliphatic hydroxyl groups excluding tert-OH is 1. The Bertz CT molecular complexity index is 1340. The number of nitrogens with one attached hydrogen (secondary N) is 3. The number of sulfonamides is 1. The van der Waals surface area contributed by atoms with Gasteiger partial charge in [-0.25, -0.2) is 8.42 Å². The first-order valence-electron chi connectivity index (χ1n) is 11.0. The molecule has 176 valence electrons. The van der Waals surface area contributed by atoms with Gasteiger partial charge in [-0.2, -0.15) is 4.72 Å². The highest BCUT2D eigenvalue weighted by atomic mass is 32.2. The van der Waals surface area contributed by atoms with E-state index >= 15 is 0 Å². The van der Waals surface area contributed by atoms with Gasteiger partial charge in [-0.3, -0.25) is 4.79 Å². The van der Waals surface area contributed by atoms with Gasteiger partial charge >= 0.3 is 0 Å². The van der Waals surface area contributed by atoms with Crippen LogP contribution in [0.2, 0.25) is 0 Å². The summed E-state index contributed by atoms with van der Waals surface area (Å²) in [5, 5.41) is 15.5. The van der Waals surface area contributed by atoms with Gasteiger partial charge in [0, 0.05) is 11.4 Å². The third-order valence-electron chi connectivity index (χ3n) is 5.75. The van der Waals surface area contributed by atoms with Crippen LogP contribution < -0.4 is 15.4 Å². The van der Waals surface area contributed by atoms with Crippen molar-refractivity contribution in [2.45, 2.75) is 37.4 Å². The molecule has 0 spiro atoms. The largest absolute Gasteiger partial charge is 0.370 e. The van der Waals surface area contributed by atoms with Crippen molar-refractivity contribution in [3.63, 3.8) is 0 Å². The number of carbonyl (C=O) groups is 1. The van der Waals surface area contributed by atoms with E-state index in [4.69, 9.17) is 0 Å². The molecule has 2 unspecified atom stereocenters. The van der Waals surface area contributed by atoms with Crippen molar-refractivity contribution in [3.05, 3.63) is 95.1 Å². The van der Waals surface area contributed by atoms with E-state index in [-0.39, 0.29) is 4.90 Å². The molecule has 1 amide bonds. The van der Waals surface area contributed by atoms with Crippen molar-refractivity contribution in [1.29, 1.82) is 0 Å². The number of anilines is 2. The van der Waals surface area contributed by atoms with Crippen LogP contribution in [0.1, 0.15) is 35.2 Å². The molecule has 0 saturated carbocycles. The lowest BCUT2D eigenvalue weighted by molar-refractivity contribution is -0.117. The number of rotatable bonds is 7. The molecule has 4 rings (SSSR count). The van der Waals surface area contributed by atoms with Gasteiger partial charge in [0.2, 0.25) is 15.9 Å². The van der Waals surface area contributed by atoms with Crippen molar-refractivity contribution in [3.8, 4) is 0 Å². The SMILES string of the molecule is CCc1cccc(C)c1NC(=O)C(NS(=O)(=O)c1ccc2c(c1)C=CC(O)N2)c1ccccc1. The molecule has 0 aliphatic carbocycles. The Labute approximate surface area is 199 Å². The van der Waals surface area contributed by atoms with Crippen molar-refractivity contribution >= 4 is 33.4 Å². The predicted molar refractivity (Wildman–Crippen MR) is 134 cm³/mol. The van der Waals surface area contributed by atoms with E-state index in [0.29, 0.717) is 22.5 Å². The van der Waals surface area contributed by atoms with Crippen LogP contribution in [0.3, 0.4) is 0 Å². The number of fused-ring (bicyclic) bond motifs is 1. The van der Waals surface area contributed by atoms with Crippen LogP contribution in [0.4, 0.5) is 11.4 Å². The Morgan fingerprint density at radius 3 is 2.59 bits per heavy atom. The first-order chi connectivity index (χ1) is 16.3. The van der Waals surface area contributed by atoms with Crippen molar-refractivity contribution in [2.24, 2.45) is 0 Å². The number of carbonyl (C=O) groups excluding carboxylic acids is 1. The van der Waals surface area contributed by atoms with E-state index in [1.165, 1.54) is 18.2 Å². The zero-order valence-corrected chi connectivity index (χ0v) is 19.8. The Hall–Kier alpha value is -3.46. The molecule has 0 bridgehead atoms. The van der Waals surface area contributed by atoms with Crippen LogP contribution in [0.15, 0.2) is 77.7 Å². The van der Waals surface area contributed by atoms with Crippen molar-refractivity contribution < 1.29 is 18.3 Å². The molecular weight excluding hydrogens is 450 g/mol. The molecule has 1 aliphatic heterocycles. The van der Waals surface area contributed by atoms with E-state index in [9.17, 15) is 18.3 Å². The minimum absolute atomic E-state index is 0.0213. The topological polar surface area (TPSA) is 108 Å². The molecule has 4 N–H and O–H groups in total. The summed E-state index contributed by atoms with van der Waals surface area (Å²) in [6, 6.07) is 17.9. The van der Waals surface area contributed by atoms with Gasteiger partial charge in [0.25, 0.3) is 0 Å². The number of hydrogen-bond donors (Lipinski definition) is 4. The summed E-state index contributed by atoms with van der Waals surface area (Å²) in [7, 11) is -4.05. The first-order valence-corrected chi connectivity index (χ1v) is 12.5. The van der Waals surface area contributed by atoms with E-state index < -0.39 is 28.2 Å². The Balaban J connectivity index is 1.67. The van der Waals surface area contributed by atoms with Crippen LogP contribution in [0, 0.1) is 6.92 Å². The molecule has 0 fully saturated rings. The second-order valence-electron chi connectivity index (χ2n) is 8.11. The minimum Gasteiger partial charge on any atom is -0.370 e. The standard InChI is InChI=1S/C26H27N3O4S/c1-3-18-11-7-8-17(2)24(18)28-26(31)25(19-9-5-4-6-10-19)29-34(32,33)21-13-14-22-20(16-21)12-15-23(30)27-22/h4-16,23,25,27,29-30H,3H2,1-2H3,(H,28,31). The van der Waals surface area contributed by atoms with E-state index in [2.05, 4.69) is 15.4 Å². The summed E-state index contributed by atoms with van der Waals surface area (Å²) >= 11 is 0. The number of aryl methyl sites for hydroxylation is 2. The maximum absolute atomic E-state index is 13.4. The molecule has 1 heterocycles. The number of hydrogen-bond acceptors (Lipinski definition) is 5. The van der Waals surface area contributed by atoms with Gasteiger partial charge in [-0.1, -0.05) is 61.5 Å². The number of para-hydroxylation sites is 1. The molecule has 7 nitrogen and oxygen atoms in total. The second kappa shape index (κ2) is 9.80. The number of amides is 1. The summed E-state index contributed by atoms with van der Waals surface area (Å²) < 4.78 is 29.2. The first kappa shape index (κ1) is 23.7. The zero-order valence-electron chi connectivity index (χ0n) is 18.9. The quantitative estimate of drug-likeness (QED) is 0.412. The molecule has 0 saturated heterocycles. The molecule has 3 aromatic rings. The van der Waals surface area contributed by atoms with Gasteiger partial charge in [0.05, 0.1) is 4.90 Å². The van der Waals surface area contributed by atoms with Gasteiger partial charge in [0.1, 0.15) is 12.3 Å². The fourth-order valence-corrected chi connectivity index (χ4v) is 5.14. The van der Waals surface area contributed by atoms with Crippen LogP contribution in [0.25, 0.3) is 6.08 Å². The van der Waals surface area contributed by atoms with Crippen molar-refractivity contribution in [2.75, 3.05) is 10.6 Å². The summed E-state index contributed by atoms with van der Waals surface area (Å²) in [5.74, 6) is -0.471. The molecule has 2 atom stereocenters. The fraction of sp³-hybridized carbons (Fsp3) is 0.192. The van der Waals surface area contributed by atoms with Gasteiger partial charge < -0.3 is 15.7 Å². The highest BCUT2D eigenvalue weighted by Gasteiger charge is 2.28. The Kier molecular flexibility index (Phi) is 6.83. The van der Waals surface area contributed by atoms with Gasteiger partial charge in [0.15, 0.2) is 0 Å². The maximum Gasteiger partial charge on any atom is 0.247 e. The monoisotopic (exact) mass is 477 g/mol. The highest BCUT2D eigenvalue weighted by Crippen LogP contribution is 2.28. The molecule has 0 radical (unpaired) electrons. The summed E-state index contributed by atoms with van der Waals surface area (Å²) in [6.45, 7) is 3.91. The summed E-state index contributed by atoms with van der Waals surface area (Å²) in [5.41, 5.74) is 4.34. The fourth-order valence-electron chi connectivity index (χ4n) is 3.92. The van der Waals surface area contributed by atoms with E-state index in [1.807, 2.05) is 32.0 Å². The number of aliphatic hydroxyl groups is 1. The summed E-state index contributed by atoms with van der Waals surface area (Å²) in [4.78, 5) is 13.4. The molecule has 3 aromatic carbocycles. The van der Waals surface area contributed by atoms with Crippen LogP contribution in [-0.2, 0) is 21.2 Å². The molecule has 1 aliphatic rings. The second-order valence-corrected chi connectivity index (χ2v) is 9.83. The zero-order chi connectivity index (χ0) is 24.3. The van der Waals surface area contributed by atoms with Crippen LogP contribution in [0.5, 0.6) is 0 Å². The number of benzene rings is 3. The molecule has 0 aromatic heterocycles. The van der Waals surface area contributed by atoms with Gasteiger partial charge in [-0.05, 0) is 59.9 Å². The highest BCUT2D eigenvalue weighted by molar-refractivity contribution is 7.89. The van der Waals surface area contributed by atoms with Crippen molar-refractivity contribution in [1.82, 2.24) is 4.72 Å². The third-order valence-corrected chi connectivity index (χ3v) is 7.17. The lowest BCUT2D eigenvalue weighted by Crippen LogP contribution is -2.37. The van der Waals surface area contributed by atoms with Crippen LogP contribution >= 0.6 is 0 Å². The minimum atomic E-state index is -4.05. The lowest BCUT2D eigenvalue weighted by atomic mass is 10.0. The normalized spacial score (nSPS) is 15.8. The predicted octanol–water partition coefficient (Wildman–Crippen LogP) is 3.97. The lowest BCUT2D eigenvalue weighted by Gasteiger charge is -2.22. The summed E-state index contributed by atoms with van der Waals surface area (Å²) in [6.07, 6.45) is 3.08. The van der Waals surface area contributed by atoms with E-state index in [0.717, 1.165) is 17.5 Å². The average molecular weight is 478 g/mol. The Morgan fingerprint density at radius 1 is 1.09 bits per heavy atom. The van der Waals surface area contributed by atoms with Crippen LogP contribution in [-0.4, -0.2) is 25.7 Å². The Morgan fingerprint density at radius 2 is 1.85 bits per heavy atom. The molecule has 34 heavy (non-hydrogen) atoms. The average Bonchev–Trinajstić information content (AvgIpc) is 2.83. The maximum atomic E-state index is 13.4. The molecular formula is C26H27N3O4S.